The van der Waals surface area contributed by atoms with Gasteiger partial charge in [0.2, 0.25) is 5.91 Å². The molecule has 5 aliphatic rings. The molecule has 28 heavy (non-hydrogen) atoms. The first-order valence-corrected chi connectivity index (χ1v) is 12.8. The van der Waals surface area contributed by atoms with Crippen LogP contribution in [0.5, 0.6) is 0 Å². The summed E-state index contributed by atoms with van der Waals surface area (Å²) < 4.78 is 0.220. The van der Waals surface area contributed by atoms with Crippen molar-refractivity contribution in [2.45, 2.75) is 56.3 Å². The highest BCUT2D eigenvalue weighted by Crippen LogP contribution is 2.64. The van der Waals surface area contributed by atoms with E-state index in [-0.39, 0.29) is 15.6 Å². The third-order valence-electron chi connectivity index (χ3n) is 7.66. The van der Waals surface area contributed by atoms with E-state index in [1.165, 1.54) is 55.0 Å². The third-order valence-corrected chi connectivity index (χ3v) is 9.53. The van der Waals surface area contributed by atoms with E-state index in [4.69, 9.17) is 0 Å². The van der Waals surface area contributed by atoms with Crippen molar-refractivity contribution in [1.29, 1.82) is 0 Å². The lowest BCUT2D eigenvalue weighted by Crippen LogP contribution is -2.57. The first-order chi connectivity index (χ1) is 13.4. The molecule has 2 unspecified atom stereocenters. The molecule has 1 aliphatic heterocycles. The van der Waals surface area contributed by atoms with Crippen molar-refractivity contribution in [2.75, 3.05) is 29.9 Å². The second-order valence-electron chi connectivity index (χ2n) is 9.82. The summed E-state index contributed by atoms with van der Waals surface area (Å²) in [4.78, 5) is 16.1. The molecule has 3 nitrogen and oxygen atoms in total. The average Bonchev–Trinajstić information content (AvgIpc) is 2.64. The molecule has 5 heteroatoms. The number of anilines is 1. The van der Waals surface area contributed by atoms with E-state index in [0.717, 1.165) is 43.3 Å². The van der Waals surface area contributed by atoms with Crippen LogP contribution in [-0.4, -0.2) is 39.7 Å². The maximum Gasteiger partial charge on any atom is 0.230 e. The Hall–Kier alpha value is -0.520. The number of hydrogen-bond donors (Lipinski definition) is 1. The predicted molar refractivity (Wildman–Crippen MR) is 121 cm³/mol. The number of thioether (sulfide) groups is 1. The molecule has 1 amide bonds. The van der Waals surface area contributed by atoms with Crippen molar-refractivity contribution in [3.63, 3.8) is 0 Å². The molecular weight excluding hydrogens is 432 g/mol. The van der Waals surface area contributed by atoms with Crippen molar-refractivity contribution in [2.24, 2.45) is 17.3 Å². The van der Waals surface area contributed by atoms with Crippen molar-refractivity contribution < 1.29 is 4.79 Å². The van der Waals surface area contributed by atoms with Gasteiger partial charge in [0, 0.05) is 41.2 Å². The zero-order chi connectivity index (χ0) is 19.4. The van der Waals surface area contributed by atoms with E-state index in [1.54, 1.807) is 0 Å². The molecule has 0 spiro atoms. The highest BCUT2D eigenvalue weighted by molar-refractivity contribution is 9.10. The van der Waals surface area contributed by atoms with Gasteiger partial charge in [0.1, 0.15) is 0 Å². The predicted octanol–water partition coefficient (Wildman–Crippen LogP) is 5.22. The Morgan fingerprint density at radius 3 is 2.61 bits per heavy atom. The van der Waals surface area contributed by atoms with Crippen molar-refractivity contribution in [1.82, 2.24) is 4.90 Å². The largest absolute Gasteiger partial charge is 0.325 e. The summed E-state index contributed by atoms with van der Waals surface area (Å²) in [7, 11) is 0. The van der Waals surface area contributed by atoms with Gasteiger partial charge in [-0.25, -0.2) is 0 Å². The van der Waals surface area contributed by atoms with Gasteiger partial charge in [0.05, 0.1) is 5.41 Å². The monoisotopic (exact) mass is 462 g/mol. The van der Waals surface area contributed by atoms with Gasteiger partial charge >= 0.3 is 0 Å². The topological polar surface area (TPSA) is 32.3 Å². The van der Waals surface area contributed by atoms with Gasteiger partial charge in [-0.15, -0.1) is 0 Å². The second-order valence-corrected chi connectivity index (χ2v) is 12.7. The summed E-state index contributed by atoms with van der Waals surface area (Å²) >= 11 is 6.09. The average molecular weight is 463 g/mol. The number of rotatable bonds is 4. The number of carbonyl (C=O) groups excluding carboxylic acids is 1. The fourth-order valence-electron chi connectivity index (χ4n) is 6.66. The second kappa shape index (κ2) is 7.31. The van der Waals surface area contributed by atoms with E-state index in [2.05, 4.69) is 51.3 Å². The van der Waals surface area contributed by atoms with Crippen molar-refractivity contribution in [3.8, 4) is 0 Å². The summed E-state index contributed by atoms with van der Waals surface area (Å²) in [5, 5.41) is 3.38. The van der Waals surface area contributed by atoms with Gasteiger partial charge in [-0.1, -0.05) is 28.1 Å². The van der Waals surface area contributed by atoms with Crippen LogP contribution in [-0.2, 0) is 11.3 Å². The van der Waals surface area contributed by atoms with Crippen LogP contribution in [0, 0.1) is 24.2 Å². The summed E-state index contributed by atoms with van der Waals surface area (Å²) in [5.74, 6) is 4.20. The van der Waals surface area contributed by atoms with Gasteiger partial charge in [-0.3, -0.25) is 9.69 Å². The normalized spacial score (nSPS) is 37.2. The van der Waals surface area contributed by atoms with E-state index in [9.17, 15) is 4.79 Å². The summed E-state index contributed by atoms with van der Waals surface area (Å²) in [5.41, 5.74) is 3.47. The maximum atomic E-state index is 13.5. The van der Waals surface area contributed by atoms with E-state index in [0.29, 0.717) is 0 Å². The van der Waals surface area contributed by atoms with Crippen LogP contribution in [0.25, 0.3) is 0 Å². The molecule has 1 N–H and O–H groups in total. The zero-order valence-corrected chi connectivity index (χ0v) is 19.2. The third kappa shape index (κ3) is 3.56. The Kier molecular flexibility index (Phi) is 5.08. The number of amides is 1. The molecule has 2 atom stereocenters. The zero-order valence-electron chi connectivity index (χ0n) is 16.8. The minimum Gasteiger partial charge on any atom is -0.325 e. The minimum atomic E-state index is -0.153. The smallest absolute Gasteiger partial charge is 0.230 e. The number of alkyl halides is 1. The molecule has 1 saturated heterocycles. The number of nitrogens with one attached hydrogen (secondary N) is 1. The number of carbonyl (C=O) groups is 1. The number of hydrogen-bond acceptors (Lipinski definition) is 3. The fraction of sp³-hybridized carbons (Fsp3) is 0.696. The van der Waals surface area contributed by atoms with Crippen molar-refractivity contribution in [3.05, 3.63) is 29.3 Å². The van der Waals surface area contributed by atoms with Crippen LogP contribution in [0.3, 0.4) is 0 Å². The Labute approximate surface area is 181 Å². The van der Waals surface area contributed by atoms with Crippen LogP contribution in [0.1, 0.15) is 49.7 Å². The Bertz CT molecular complexity index is 762. The lowest BCUT2D eigenvalue weighted by atomic mass is 9.49. The highest BCUT2D eigenvalue weighted by Gasteiger charge is 2.59. The first-order valence-electron chi connectivity index (χ1n) is 10.8. The van der Waals surface area contributed by atoms with Crippen LogP contribution in [0.15, 0.2) is 18.2 Å². The van der Waals surface area contributed by atoms with Crippen LogP contribution in [0.4, 0.5) is 5.69 Å². The standard InChI is InChI=1S/C23H31BrN2OS/c1-16-19(14-26-5-7-28-8-6-26)3-2-4-20(16)25-21(27)22-10-17-9-18(11-22)13-23(24,12-17)15-22/h2-4,17-18H,5-15H2,1H3,(H,25,27). The molecule has 0 radical (unpaired) electrons. The Balaban J connectivity index is 1.33. The fourth-order valence-corrected chi connectivity index (χ4v) is 9.09. The summed E-state index contributed by atoms with van der Waals surface area (Å²) in [6.45, 7) is 5.51. The minimum absolute atomic E-state index is 0.153. The molecule has 1 heterocycles. The van der Waals surface area contributed by atoms with Gasteiger partial charge < -0.3 is 5.32 Å². The van der Waals surface area contributed by atoms with Gasteiger partial charge in [-0.2, -0.15) is 11.8 Å². The van der Waals surface area contributed by atoms with Crippen LogP contribution < -0.4 is 5.32 Å². The Morgan fingerprint density at radius 1 is 1.21 bits per heavy atom. The molecule has 152 valence electrons. The number of halogens is 1. The molecule has 4 aliphatic carbocycles. The highest BCUT2D eigenvalue weighted by atomic mass is 79.9. The van der Waals surface area contributed by atoms with Gasteiger partial charge in [0.25, 0.3) is 0 Å². The molecule has 0 aromatic heterocycles. The van der Waals surface area contributed by atoms with E-state index in [1.807, 2.05) is 11.8 Å². The molecule has 1 aromatic rings. The van der Waals surface area contributed by atoms with E-state index < -0.39 is 0 Å². The summed E-state index contributed by atoms with van der Waals surface area (Å²) in [6.07, 6.45) is 7.07. The SMILES string of the molecule is Cc1c(CN2CCSCC2)cccc1NC(=O)C12CC3CC(CC(Br)(C3)C1)C2. The maximum absolute atomic E-state index is 13.5. The molecule has 5 fully saturated rings. The van der Waals surface area contributed by atoms with Gasteiger partial charge in [0.15, 0.2) is 0 Å². The first kappa shape index (κ1) is 19.4. The molecule has 4 saturated carbocycles. The van der Waals surface area contributed by atoms with Gasteiger partial charge in [-0.05, 0) is 74.5 Å². The molecule has 1 aromatic carbocycles. The lowest BCUT2D eigenvalue weighted by Gasteiger charge is -2.59. The number of benzene rings is 1. The van der Waals surface area contributed by atoms with Crippen molar-refractivity contribution >= 4 is 39.3 Å². The van der Waals surface area contributed by atoms with E-state index >= 15 is 0 Å². The quantitative estimate of drug-likeness (QED) is 0.622. The summed E-state index contributed by atoms with van der Waals surface area (Å²) in [6, 6.07) is 6.43. The molecule has 4 bridgehead atoms. The lowest BCUT2D eigenvalue weighted by molar-refractivity contribution is -0.138. The van der Waals surface area contributed by atoms with Crippen LogP contribution in [0.2, 0.25) is 0 Å². The molecule has 6 rings (SSSR count). The van der Waals surface area contributed by atoms with Crippen LogP contribution >= 0.6 is 27.7 Å². The Morgan fingerprint density at radius 2 is 1.93 bits per heavy atom. The number of nitrogens with zero attached hydrogens (tertiary/aromatic N) is 1. The molecular formula is C23H31BrN2OS.